The van der Waals surface area contributed by atoms with E-state index in [4.69, 9.17) is 10.7 Å². The maximum atomic E-state index is 6.07. The molecule has 4 rings (SSSR count). The van der Waals surface area contributed by atoms with Gasteiger partial charge in [-0.15, -0.1) is 0 Å². The van der Waals surface area contributed by atoms with E-state index in [0.717, 1.165) is 54.6 Å². The van der Waals surface area contributed by atoms with Gasteiger partial charge in [0.25, 0.3) is 0 Å². The Hall–Kier alpha value is -2.59. The van der Waals surface area contributed by atoms with Gasteiger partial charge in [0.1, 0.15) is 0 Å². The fraction of sp³-hybridized carbons (Fsp3) is 0.400. The fourth-order valence-corrected chi connectivity index (χ4v) is 4.45. The second-order valence-electron chi connectivity index (χ2n) is 8.09. The Morgan fingerprint density at radius 1 is 1.00 bits per heavy atom. The van der Waals surface area contributed by atoms with Gasteiger partial charge < -0.3 is 15.5 Å². The van der Waals surface area contributed by atoms with E-state index in [9.17, 15) is 0 Å². The van der Waals surface area contributed by atoms with E-state index in [-0.39, 0.29) is 0 Å². The SMILES string of the molecule is CCN(CC)CC1CCN(c2cc(-c3ccccc3)nc3cc(N)ccc23)CC1. The molecule has 0 amide bonds. The number of anilines is 2. The minimum absolute atomic E-state index is 0.763. The van der Waals surface area contributed by atoms with Crippen LogP contribution in [0.15, 0.2) is 54.6 Å². The number of nitrogens with two attached hydrogens (primary N) is 1. The normalized spacial score (nSPS) is 15.3. The zero-order valence-electron chi connectivity index (χ0n) is 17.6. The van der Waals surface area contributed by atoms with E-state index >= 15 is 0 Å². The van der Waals surface area contributed by atoms with Crippen LogP contribution < -0.4 is 10.6 Å². The van der Waals surface area contributed by atoms with Crippen molar-refractivity contribution in [2.75, 3.05) is 43.4 Å². The van der Waals surface area contributed by atoms with Crippen LogP contribution >= 0.6 is 0 Å². The van der Waals surface area contributed by atoms with Gasteiger partial charge in [-0.25, -0.2) is 4.98 Å². The van der Waals surface area contributed by atoms with Crippen molar-refractivity contribution < 1.29 is 0 Å². The van der Waals surface area contributed by atoms with Crippen molar-refractivity contribution in [1.82, 2.24) is 9.88 Å². The van der Waals surface area contributed by atoms with Crippen molar-refractivity contribution in [2.24, 2.45) is 5.92 Å². The topological polar surface area (TPSA) is 45.4 Å². The summed E-state index contributed by atoms with van der Waals surface area (Å²) in [6.07, 6.45) is 2.49. The van der Waals surface area contributed by atoms with Crippen LogP contribution in [0, 0.1) is 5.92 Å². The van der Waals surface area contributed by atoms with Crippen LogP contribution in [0.4, 0.5) is 11.4 Å². The highest BCUT2D eigenvalue weighted by Crippen LogP contribution is 2.34. The summed E-state index contributed by atoms with van der Waals surface area (Å²) in [6.45, 7) is 10.2. The number of aromatic nitrogens is 1. The van der Waals surface area contributed by atoms with Gasteiger partial charge in [-0.05, 0) is 56.1 Å². The summed E-state index contributed by atoms with van der Waals surface area (Å²) >= 11 is 0. The lowest BCUT2D eigenvalue weighted by atomic mass is 9.95. The molecule has 0 radical (unpaired) electrons. The van der Waals surface area contributed by atoms with E-state index in [0.29, 0.717) is 0 Å². The van der Waals surface area contributed by atoms with Crippen molar-refractivity contribution in [3.05, 3.63) is 54.6 Å². The standard InChI is InChI=1S/C25H32N4/c1-3-28(4-2)18-19-12-14-29(15-13-19)25-17-23(20-8-6-5-7-9-20)27-24-16-21(26)10-11-22(24)25/h5-11,16-17,19H,3-4,12-15,18,26H2,1-2H3. The average Bonchev–Trinajstić information content (AvgIpc) is 2.77. The van der Waals surface area contributed by atoms with Crippen molar-refractivity contribution in [1.29, 1.82) is 0 Å². The molecule has 1 aromatic heterocycles. The molecule has 1 fully saturated rings. The quantitative estimate of drug-likeness (QED) is 0.601. The van der Waals surface area contributed by atoms with Gasteiger partial charge in [0.15, 0.2) is 0 Å². The van der Waals surface area contributed by atoms with E-state index in [1.54, 1.807) is 0 Å². The highest BCUT2D eigenvalue weighted by atomic mass is 15.2. The summed E-state index contributed by atoms with van der Waals surface area (Å²) in [5.41, 5.74) is 11.3. The highest BCUT2D eigenvalue weighted by Gasteiger charge is 2.23. The summed E-state index contributed by atoms with van der Waals surface area (Å²) in [5, 5.41) is 1.20. The third-order valence-electron chi connectivity index (χ3n) is 6.25. The van der Waals surface area contributed by atoms with Crippen LogP contribution in [0.25, 0.3) is 22.2 Å². The molecule has 4 heteroatoms. The number of nitrogens with zero attached hydrogens (tertiary/aromatic N) is 3. The first-order valence-electron chi connectivity index (χ1n) is 10.9. The fourth-order valence-electron chi connectivity index (χ4n) is 4.45. The molecule has 0 aliphatic carbocycles. The molecule has 4 nitrogen and oxygen atoms in total. The van der Waals surface area contributed by atoms with Crippen LogP contribution in [-0.4, -0.2) is 42.6 Å². The molecule has 152 valence electrons. The second kappa shape index (κ2) is 8.83. The number of benzene rings is 2. The monoisotopic (exact) mass is 388 g/mol. The van der Waals surface area contributed by atoms with Gasteiger partial charge in [-0.3, -0.25) is 0 Å². The van der Waals surface area contributed by atoms with Crippen LogP contribution in [-0.2, 0) is 0 Å². The number of hydrogen-bond donors (Lipinski definition) is 1. The van der Waals surface area contributed by atoms with E-state index in [1.165, 1.54) is 30.5 Å². The minimum atomic E-state index is 0.763. The summed E-state index contributed by atoms with van der Waals surface area (Å²) < 4.78 is 0. The van der Waals surface area contributed by atoms with E-state index < -0.39 is 0 Å². The molecule has 0 bridgehead atoms. The van der Waals surface area contributed by atoms with Crippen molar-refractivity contribution in [3.63, 3.8) is 0 Å². The molecule has 1 saturated heterocycles. The minimum Gasteiger partial charge on any atom is -0.399 e. The number of fused-ring (bicyclic) bond motifs is 1. The van der Waals surface area contributed by atoms with Crippen LogP contribution in [0.1, 0.15) is 26.7 Å². The predicted octanol–water partition coefficient (Wildman–Crippen LogP) is 5.04. The first-order valence-corrected chi connectivity index (χ1v) is 10.9. The molecule has 29 heavy (non-hydrogen) atoms. The van der Waals surface area contributed by atoms with E-state index in [2.05, 4.69) is 60.0 Å². The maximum absolute atomic E-state index is 6.07. The average molecular weight is 389 g/mol. The molecular weight excluding hydrogens is 356 g/mol. The Kier molecular flexibility index (Phi) is 6.00. The number of rotatable bonds is 6. The van der Waals surface area contributed by atoms with Gasteiger partial charge in [-0.2, -0.15) is 0 Å². The van der Waals surface area contributed by atoms with Gasteiger partial charge in [0.2, 0.25) is 0 Å². The number of pyridine rings is 1. The summed E-state index contributed by atoms with van der Waals surface area (Å²) in [7, 11) is 0. The molecule has 2 aromatic carbocycles. The Balaban J connectivity index is 1.63. The Labute approximate surface area is 174 Å². The third kappa shape index (κ3) is 4.38. The molecule has 1 aliphatic heterocycles. The van der Waals surface area contributed by atoms with Crippen LogP contribution in [0.5, 0.6) is 0 Å². The summed E-state index contributed by atoms with van der Waals surface area (Å²) in [4.78, 5) is 10.0. The third-order valence-corrected chi connectivity index (χ3v) is 6.25. The molecule has 0 saturated carbocycles. The molecule has 3 aromatic rings. The lowest BCUT2D eigenvalue weighted by molar-refractivity contribution is 0.229. The second-order valence-corrected chi connectivity index (χ2v) is 8.09. The summed E-state index contributed by atoms with van der Waals surface area (Å²) in [6, 6.07) is 18.8. The molecule has 1 aliphatic rings. The first-order chi connectivity index (χ1) is 14.2. The Bertz CT molecular complexity index is 942. The Morgan fingerprint density at radius 3 is 2.41 bits per heavy atom. The highest BCUT2D eigenvalue weighted by molar-refractivity contribution is 5.95. The largest absolute Gasteiger partial charge is 0.399 e. The van der Waals surface area contributed by atoms with Crippen molar-refractivity contribution >= 4 is 22.3 Å². The maximum Gasteiger partial charge on any atom is 0.0750 e. The van der Waals surface area contributed by atoms with Crippen LogP contribution in [0.2, 0.25) is 0 Å². The Morgan fingerprint density at radius 2 is 1.72 bits per heavy atom. The molecular formula is C25H32N4. The first kappa shape index (κ1) is 19.7. The van der Waals surface area contributed by atoms with Crippen molar-refractivity contribution in [2.45, 2.75) is 26.7 Å². The zero-order valence-corrected chi connectivity index (χ0v) is 17.6. The number of piperidine rings is 1. The predicted molar refractivity (Wildman–Crippen MR) is 124 cm³/mol. The number of nitrogen functional groups attached to an aromatic ring is 1. The lowest BCUT2D eigenvalue weighted by Crippen LogP contribution is -2.38. The van der Waals surface area contributed by atoms with E-state index in [1.807, 2.05) is 18.2 Å². The van der Waals surface area contributed by atoms with Crippen LogP contribution in [0.3, 0.4) is 0 Å². The molecule has 2 N–H and O–H groups in total. The summed E-state index contributed by atoms with van der Waals surface area (Å²) in [5.74, 6) is 0.795. The molecule has 0 atom stereocenters. The lowest BCUT2D eigenvalue weighted by Gasteiger charge is -2.36. The molecule has 0 spiro atoms. The number of hydrogen-bond acceptors (Lipinski definition) is 4. The van der Waals surface area contributed by atoms with Gasteiger partial charge in [-0.1, -0.05) is 44.2 Å². The van der Waals surface area contributed by atoms with Gasteiger partial charge in [0, 0.05) is 42.0 Å². The molecule has 2 heterocycles. The molecule has 0 unspecified atom stereocenters. The zero-order chi connectivity index (χ0) is 20.2. The van der Waals surface area contributed by atoms with Gasteiger partial charge >= 0.3 is 0 Å². The van der Waals surface area contributed by atoms with Crippen molar-refractivity contribution in [3.8, 4) is 11.3 Å². The smallest absolute Gasteiger partial charge is 0.0750 e. The van der Waals surface area contributed by atoms with Gasteiger partial charge in [0.05, 0.1) is 11.2 Å².